The molecule has 2 nitrogen and oxygen atoms in total. The highest BCUT2D eigenvalue weighted by molar-refractivity contribution is 9.11. The number of halogens is 4. The molecule has 0 atom stereocenters. The van der Waals surface area contributed by atoms with Gasteiger partial charge in [0, 0.05) is 11.0 Å². The first-order chi connectivity index (χ1) is 10.0. The molecule has 0 aliphatic rings. The molecule has 0 aliphatic carbocycles. The molecular formula is C15H13Br3FNO. The van der Waals surface area contributed by atoms with Gasteiger partial charge >= 0.3 is 0 Å². The molecule has 112 valence electrons. The summed E-state index contributed by atoms with van der Waals surface area (Å²) in [7, 11) is 0. The number of nitrogens with one attached hydrogen (secondary N) is 1. The fraction of sp³-hybridized carbons (Fsp3) is 0.200. The van der Waals surface area contributed by atoms with Crippen molar-refractivity contribution in [3.63, 3.8) is 0 Å². The van der Waals surface area contributed by atoms with E-state index in [1.807, 2.05) is 19.1 Å². The third-order valence-corrected chi connectivity index (χ3v) is 4.43. The Morgan fingerprint density at radius 3 is 2.33 bits per heavy atom. The van der Waals surface area contributed by atoms with Crippen LogP contribution in [0.5, 0.6) is 5.75 Å². The fourth-order valence-corrected chi connectivity index (χ4v) is 3.67. The summed E-state index contributed by atoms with van der Waals surface area (Å²) in [5.74, 6) is 0.490. The van der Waals surface area contributed by atoms with Crippen molar-refractivity contribution >= 4 is 53.5 Å². The zero-order chi connectivity index (χ0) is 15.4. The SMILES string of the molecule is CCOc1c(Br)cc(CNc2ccc(Br)cc2F)cc1Br. The summed E-state index contributed by atoms with van der Waals surface area (Å²) in [6, 6.07) is 8.86. The summed E-state index contributed by atoms with van der Waals surface area (Å²) < 4.78 is 21.7. The van der Waals surface area contributed by atoms with Crippen molar-refractivity contribution in [3.05, 3.63) is 55.1 Å². The second-order valence-electron chi connectivity index (χ2n) is 4.30. The highest BCUT2D eigenvalue weighted by atomic mass is 79.9. The van der Waals surface area contributed by atoms with E-state index >= 15 is 0 Å². The van der Waals surface area contributed by atoms with E-state index in [0.717, 1.165) is 24.7 Å². The summed E-state index contributed by atoms with van der Waals surface area (Å²) in [5, 5.41) is 3.08. The van der Waals surface area contributed by atoms with Crippen molar-refractivity contribution in [2.75, 3.05) is 11.9 Å². The molecule has 2 aromatic rings. The van der Waals surface area contributed by atoms with Crippen LogP contribution in [-0.4, -0.2) is 6.61 Å². The summed E-state index contributed by atoms with van der Waals surface area (Å²) in [4.78, 5) is 0. The van der Waals surface area contributed by atoms with E-state index in [1.54, 1.807) is 12.1 Å². The summed E-state index contributed by atoms with van der Waals surface area (Å²) in [6.45, 7) is 3.05. The number of benzene rings is 2. The lowest BCUT2D eigenvalue weighted by atomic mass is 10.2. The van der Waals surface area contributed by atoms with Crippen molar-refractivity contribution in [1.29, 1.82) is 0 Å². The molecule has 0 fully saturated rings. The summed E-state index contributed by atoms with van der Waals surface area (Å²) in [5.41, 5.74) is 1.49. The number of anilines is 1. The minimum atomic E-state index is -0.284. The Kier molecular flexibility index (Phi) is 6.08. The van der Waals surface area contributed by atoms with E-state index in [0.29, 0.717) is 18.8 Å². The minimum Gasteiger partial charge on any atom is -0.492 e. The van der Waals surface area contributed by atoms with Gasteiger partial charge in [0.2, 0.25) is 0 Å². The number of hydrogen-bond donors (Lipinski definition) is 1. The number of hydrogen-bond acceptors (Lipinski definition) is 2. The maximum Gasteiger partial charge on any atom is 0.147 e. The standard InChI is InChI=1S/C15H13Br3FNO/c1-2-21-15-11(17)5-9(6-12(15)18)8-20-14-4-3-10(16)7-13(14)19/h3-7,20H,2,8H2,1H3. The van der Waals surface area contributed by atoms with Crippen LogP contribution in [0.3, 0.4) is 0 Å². The van der Waals surface area contributed by atoms with Gasteiger partial charge in [-0.1, -0.05) is 15.9 Å². The van der Waals surface area contributed by atoms with Crippen molar-refractivity contribution < 1.29 is 9.13 Å². The molecule has 2 rings (SSSR count). The Labute approximate surface area is 148 Å². The van der Waals surface area contributed by atoms with Crippen LogP contribution in [0.4, 0.5) is 10.1 Å². The predicted octanol–water partition coefficient (Wildman–Crippen LogP) is 6.12. The average molecular weight is 482 g/mol. The van der Waals surface area contributed by atoms with E-state index in [4.69, 9.17) is 4.74 Å². The van der Waals surface area contributed by atoms with Gasteiger partial charge in [-0.15, -0.1) is 0 Å². The lowest BCUT2D eigenvalue weighted by Crippen LogP contribution is -2.02. The largest absolute Gasteiger partial charge is 0.492 e. The Balaban J connectivity index is 2.13. The Bertz CT molecular complexity index is 626. The third kappa shape index (κ3) is 4.44. The van der Waals surface area contributed by atoms with Crippen molar-refractivity contribution in [1.82, 2.24) is 0 Å². The lowest BCUT2D eigenvalue weighted by Gasteiger charge is -2.12. The zero-order valence-corrected chi connectivity index (χ0v) is 16.0. The van der Waals surface area contributed by atoms with Crippen LogP contribution in [0, 0.1) is 5.82 Å². The highest BCUT2D eigenvalue weighted by Gasteiger charge is 2.09. The molecule has 0 saturated heterocycles. The smallest absolute Gasteiger partial charge is 0.147 e. The van der Waals surface area contributed by atoms with Gasteiger partial charge in [-0.25, -0.2) is 4.39 Å². The van der Waals surface area contributed by atoms with E-state index in [2.05, 4.69) is 53.1 Å². The maximum absolute atomic E-state index is 13.7. The van der Waals surface area contributed by atoms with E-state index in [-0.39, 0.29) is 5.82 Å². The van der Waals surface area contributed by atoms with Gasteiger partial charge in [-0.3, -0.25) is 0 Å². The van der Waals surface area contributed by atoms with Gasteiger partial charge in [0.1, 0.15) is 11.6 Å². The molecule has 1 N–H and O–H groups in total. The fourth-order valence-electron chi connectivity index (χ4n) is 1.83. The van der Waals surface area contributed by atoms with Crippen LogP contribution in [0.1, 0.15) is 12.5 Å². The van der Waals surface area contributed by atoms with Gasteiger partial charge < -0.3 is 10.1 Å². The molecule has 0 aliphatic heterocycles. The first kappa shape index (κ1) is 16.8. The van der Waals surface area contributed by atoms with Gasteiger partial charge in [-0.2, -0.15) is 0 Å². The first-order valence-electron chi connectivity index (χ1n) is 6.31. The Morgan fingerprint density at radius 1 is 1.10 bits per heavy atom. The van der Waals surface area contributed by atoms with Gasteiger partial charge in [0.25, 0.3) is 0 Å². The van der Waals surface area contributed by atoms with Crippen molar-refractivity contribution in [3.8, 4) is 5.75 Å². The van der Waals surface area contributed by atoms with Crippen LogP contribution in [-0.2, 0) is 6.54 Å². The molecule has 0 heterocycles. The molecule has 0 unspecified atom stereocenters. The topological polar surface area (TPSA) is 21.3 Å². The molecule has 6 heteroatoms. The van der Waals surface area contributed by atoms with Crippen LogP contribution in [0.2, 0.25) is 0 Å². The summed E-state index contributed by atoms with van der Waals surface area (Å²) >= 11 is 10.2. The minimum absolute atomic E-state index is 0.284. The van der Waals surface area contributed by atoms with Crippen LogP contribution in [0.15, 0.2) is 43.7 Å². The molecular weight excluding hydrogens is 469 g/mol. The Hall–Kier alpha value is -0.590. The van der Waals surface area contributed by atoms with Gasteiger partial charge in [-0.05, 0) is 74.7 Å². The normalized spacial score (nSPS) is 10.5. The lowest BCUT2D eigenvalue weighted by molar-refractivity contribution is 0.336. The molecule has 0 bridgehead atoms. The maximum atomic E-state index is 13.7. The van der Waals surface area contributed by atoms with Crippen LogP contribution < -0.4 is 10.1 Å². The summed E-state index contributed by atoms with van der Waals surface area (Å²) in [6.07, 6.45) is 0. The number of rotatable bonds is 5. The second kappa shape index (κ2) is 7.61. The Morgan fingerprint density at radius 2 is 1.76 bits per heavy atom. The number of ether oxygens (including phenoxy) is 1. The van der Waals surface area contributed by atoms with Crippen molar-refractivity contribution in [2.45, 2.75) is 13.5 Å². The molecule has 0 amide bonds. The molecule has 0 radical (unpaired) electrons. The van der Waals surface area contributed by atoms with Crippen LogP contribution in [0.25, 0.3) is 0 Å². The van der Waals surface area contributed by atoms with Gasteiger partial charge in [0.15, 0.2) is 0 Å². The molecule has 2 aromatic carbocycles. The second-order valence-corrected chi connectivity index (χ2v) is 6.92. The van der Waals surface area contributed by atoms with E-state index < -0.39 is 0 Å². The highest BCUT2D eigenvalue weighted by Crippen LogP contribution is 2.35. The zero-order valence-electron chi connectivity index (χ0n) is 11.2. The van der Waals surface area contributed by atoms with E-state index in [9.17, 15) is 4.39 Å². The molecule has 0 spiro atoms. The molecule has 0 aromatic heterocycles. The predicted molar refractivity (Wildman–Crippen MR) is 94.4 cm³/mol. The molecule has 21 heavy (non-hydrogen) atoms. The van der Waals surface area contributed by atoms with Crippen LogP contribution >= 0.6 is 47.8 Å². The van der Waals surface area contributed by atoms with E-state index in [1.165, 1.54) is 6.07 Å². The third-order valence-electron chi connectivity index (χ3n) is 2.76. The molecule has 0 saturated carbocycles. The first-order valence-corrected chi connectivity index (χ1v) is 8.68. The average Bonchev–Trinajstić information content (AvgIpc) is 2.42. The quantitative estimate of drug-likeness (QED) is 0.555. The van der Waals surface area contributed by atoms with Gasteiger partial charge in [0.05, 0.1) is 21.2 Å². The van der Waals surface area contributed by atoms with Crippen molar-refractivity contribution in [2.24, 2.45) is 0 Å². The monoisotopic (exact) mass is 479 g/mol.